The van der Waals surface area contributed by atoms with Crippen molar-refractivity contribution in [2.45, 2.75) is 6.54 Å². The van der Waals surface area contributed by atoms with Gasteiger partial charge in [-0.1, -0.05) is 0 Å². The third-order valence-electron chi connectivity index (χ3n) is 2.76. The Labute approximate surface area is 107 Å². The Balaban J connectivity index is 2.37. The van der Waals surface area contributed by atoms with Gasteiger partial charge in [0, 0.05) is 18.9 Å². The standard InChI is InChI=1S/C14H17NO3/c1-16-12-8-11(10-15-6-4-5-7-15)9-13(17-2)14(12)18-3/h4-9H,10H2,1-3H3. The van der Waals surface area contributed by atoms with Crippen molar-refractivity contribution >= 4 is 0 Å². The van der Waals surface area contributed by atoms with E-state index in [0.717, 1.165) is 12.1 Å². The third kappa shape index (κ3) is 2.42. The molecule has 1 aromatic heterocycles. The zero-order valence-electron chi connectivity index (χ0n) is 10.8. The molecule has 0 saturated heterocycles. The van der Waals surface area contributed by atoms with Crippen LogP contribution in [0.2, 0.25) is 0 Å². The van der Waals surface area contributed by atoms with E-state index in [1.165, 1.54) is 0 Å². The molecule has 0 aliphatic rings. The van der Waals surface area contributed by atoms with Crippen molar-refractivity contribution in [2.75, 3.05) is 21.3 Å². The molecule has 0 amide bonds. The van der Waals surface area contributed by atoms with E-state index in [2.05, 4.69) is 4.57 Å². The van der Waals surface area contributed by atoms with E-state index >= 15 is 0 Å². The van der Waals surface area contributed by atoms with Gasteiger partial charge in [0.15, 0.2) is 11.5 Å². The van der Waals surface area contributed by atoms with Gasteiger partial charge in [0.1, 0.15) is 0 Å². The largest absolute Gasteiger partial charge is 0.493 e. The molecule has 0 fully saturated rings. The number of aromatic nitrogens is 1. The Morgan fingerprint density at radius 3 is 1.89 bits per heavy atom. The Hall–Kier alpha value is -2.10. The first-order valence-electron chi connectivity index (χ1n) is 5.68. The fourth-order valence-electron chi connectivity index (χ4n) is 1.91. The molecule has 0 unspecified atom stereocenters. The number of hydrogen-bond donors (Lipinski definition) is 0. The predicted octanol–water partition coefficient (Wildman–Crippen LogP) is 2.56. The van der Waals surface area contributed by atoms with E-state index in [9.17, 15) is 0 Å². The van der Waals surface area contributed by atoms with Crippen molar-refractivity contribution in [1.82, 2.24) is 4.57 Å². The summed E-state index contributed by atoms with van der Waals surface area (Å²) in [6.45, 7) is 0.768. The van der Waals surface area contributed by atoms with Gasteiger partial charge in [0.25, 0.3) is 0 Å². The summed E-state index contributed by atoms with van der Waals surface area (Å²) in [6.07, 6.45) is 4.03. The Morgan fingerprint density at radius 1 is 0.889 bits per heavy atom. The summed E-state index contributed by atoms with van der Waals surface area (Å²) < 4.78 is 18.0. The molecular formula is C14H17NO3. The second-order valence-electron chi connectivity index (χ2n) is 3.89. The summed E-state index contributed by atoms with van der Waals surface area (Å²) in [7, 11) is 4.85. The van der Waals surface area contributed by atoms with E-state index in [4.69, 9.17) is 14.2 Å². The molecule has 18 heavy (non-hydrogen) atoms. The van der Waals surface area contributed by atoms with Crippen LogP contribution in [-0.2, 0) is 6.54 Å². The van der Waals surface area contributed by atoms with E-state index < -0.39 is 0 Å². The maximum atomic E-state index is 5.32. The Morgan fingerprint density at radius 2 is 1.44 bits per heavy atom. The van der Waals surface area contributed by atoms with Gasteiger partial charge >= 0.3 is 0 Å². The monoisotopic (exact) mass is 247 g/mol. The predicted molar refractivity (Wildman–Crippen MR) is 69.6 cm³/mol. The van der Waals surface area contributed by atoms with Crippen LogP contribution >= 0.6 is 0 Å². The molecule has 0 aliphatic heterocycles. The van der Waals surface area contributed by atoms with Crippen LogP contribution in [-0.4, -0.2) is 25.9 Å². The first kappa shape index (κ1) is 12.4. The van der Waals surface area contributed by atoms with Crippen molar-refractivity contribution in [1.29, 1.82) is 0 Å². The molecule has 0 aliphatic carbocycles. The van der Waals surface area contributed by atoms with Gasteiger partial charge in [-0.3, -0.25) is 0 Å². The normalized spacial score (nSPS) is 10.2. The zero-order chi connectivity index (χ0) is 13.0. The summed E-state index contributed by atoms with van der Waals surface area (Å²) in [6, 6.07) is 7.92. The molecule has 2 rings (SSSR count). The van der Waals surface area contributed by atoms with Gasteiger partial charge < -0.3 is 18.8 Å². The van der Waals surface area contributed by atoms with Gasteiger partial charge in [-0.05, 0) is 29.8 Å². The lowest BCUT2D eigenvalue weighted by Crippen LogP contribution is -2.00. The minimum absolute atomic E-state index is 0.622. The molecule has 0 atom stereocenters. The van der Waals surface area contributed by atoms with Crippen LogP contribution in [0.25, 0.3) is 0 Å². The lowest BCUT2D eigenvalue weighted by atomic mass is 10.2. The van der Waals surface area contributed by atoms with Crippen LogP contribution in [0.15, 0.2) is 36.7 Å². The number of rotatable bonds is 5. The van der Waals surface area contributed by atoms with Crippen molar-refractivity contribution in [2.24, 2.45) is 0 Å². The number of hydrogen-bond acceptors (Lipinski definition) is 3. The van der Waals surface area contributed by atoms with Crippen molar-refractivity contribution in [3.05, 3.63) is 42.2 Å². The highest BCUT2D eigenvalue weighted by Crippen LogP contribution is 2.38. The van der Waals surface area contributed by atoms with Crippen LogP contribution in [0.5, 0.6) is 17.2 Å². The topological polar surface area (TPSA) is 32.6 Å². The van der Waals surface area contributed by atoms with Gasteiger partial charge in [0.05, 0.1) is 21.3 Å². The van der Waals surface area contributed by atoms with Crippen LogP contribution in [0, 0.1) is 0 Å². The summed E-state index contributed by atoms with van der Waals surface area (Å²) in [4.78, 5) is 0. The van der Waals surface area contributed by atoms with Crippen molar-refractivity contribution in [3.8, 4) is 17.2 Å². The molecule has 0 radical (unpaired) electrons. The van der Waals surface area contributed by atoms with Gasteiger partial charge in [-0.2, -0.15) is 0 Å². The first-order chi connectivity index (χ1) is 8.78. The molecule has 1 heterocycles. The SMILES string of the molecule is COc1cc(Cn2cccc2)cc(OC)c1OC. The first-order valence-corrected chi connectivity index (χ1v) is 5.68. The second kappa shape index (κ2) is 5.49. The average Bonchev–Trinajstić information content (AvgIpc) is 2.90. The zero-order valence-corrected chi connectivity index (χ0v) is 10.8. The highest BCUT2D eigenvalue weighted by atomic mass is 16.5. The van der Waals surface area contributed by atoms with Gasteiger partial charge in [0.2, 0.25) is 5.75 Å². The van der Waals surface area contributed by atoms with Crippen LogP contribution in [0.4, 0.5) is 0 Å². The molecule has 2 aromatic rings. The average molecular weight is 247 g/mol. The van der Waals surface area contributed by atoms with Gasteiger partial charge in [-0.25, -0.2) is 0 Å². The molecule has 4 heteroatoms. The molecular weight excluding hydrogens is 230 g/mol. The molecule has 0 spiro atoms. The Kier molecular flexibility index (Phi) is 3.77. The fourth-order valence-corrected chi connectivity index (χ4v) is 1.91. The van der Waals surface area contributed by atoms with Crippen molar-refractivity contribution in [3.63, 3.8) is 0 Å². The van der Waals surface area contributed by atoms with E-state index in [1.54, 1.807) is 21.3 Å². The summed E-state index contributed by atoms with van der Waals surface area (Å²) in [5.74, 6) is 1.98. The summed E-state index contributed by atoms with van der Waals surface area (Å²) in [5.41, 5.74) is 1.10. The molecule has 96 valence electrons. The quantitative estimate of drug-likeness (QED) is 0.814. The van der Waals surface area contributed by atoms with Crippen LogP contribution in [0.3, 0.4) is 0 Å². The molecule has 0 N–H and O–H groups in total. The fraction of sp³-hybridized carbons (Fsp3) is 0.286. The van der Waals surface area contributed by atoms with Gasteiger partial charge in [-0.15, -0.1) is 0 Å². The van der Waals surface area contributed by atoms with E-state index in [0.29, 0.717) is 17.2 Å². The molecule has 1 aromatic carbocycles. The smallest absolute Gasteiger partial charge is 0.203 e. The highest BCUT2D eigenvalue weighted by molar-refractivity contribution is 5.53. The minimum atomic E-state index is 0.622. The minimum Gasteiger partial charge on any atom is -0.493 e. The van der Waals surface area contributed by atoms with Crippen molar-refractivity contribution < 1.29 is 14.2 Å². The third-order valence-corrected chi connectivity index (χ3v) is 2.76. The maximum absolute atomic E-state index is 5.32. The lowest BCUT2D eigenvalue weighted by Gasteiger charge is -2.14. The van der Waals surface area contributed by atoms with E-state index in [-0.39, 0.29) is 0 Å². The van der Waals surface area contributed by atoms with Crippen LogP contribution in [0.1, 0.15) is 5.56 Å². The lowest BCUT2D eigenvalue weighted by molar-refractivity contribution is 0.323. The van der Waals surface area contributed by atoms with E-state index in [1.807, 2.05) is 36.7 Å². The molecule has 0 saturated carbocycles. The molecule has 0 bridgehead atoms. The highest BCUT2D eigenvalue weighted by Gasteiger charge is 2.12. The maximum Gasteiger partial charge on any atom is 0.203 e. The number of nitrogens with zero attached hydrogens (tertiary/aromatic N) is 1. The summed E-state index contributed by atoms with van der Waals surface area (Å²) >= 11 is 0. The number of benzene rings is 1. The Bertz CT molecular complexity index is 481. The van der Waals surface area contributed by atoms with Crippen LogP contribution < -0.4 is 14.2 Å². The number of ether oxygens (including phenoxy) is 3. The molecule has 4 nitrogen and oxygen atoms in total. The summed E-state index contributed by atoms with van der Waals surface area (Å²) in [5, 5.41) is 0. The second-order valence-corrected chi connectivity index (χ2v) is 3.89. The number of methoxy groups -OCH3 is 3.